The van der Waals surface area contributed by atoms with Gasteiger partial charge >= 0.3 is 0 Å². The molecule has 1 nitrogen and oxygen atoms in total. The molecule has 0 bridgehead atoms. The van der Waals surface area contributed by atoms with Crippen LogP contribution in [0.15, 0.2) is 42.5 Å². The summed E-state index contributed by atoms with van der Waals surface area (Å²) in [4.78, 5) is 2.58. The van der Waals surface area contributed by atoms with Crippen LogP contribution in [0.1, 0.15) is 56.4 Å². The Morgan fingerprint density at radius 1 is 0.957 bits per heavy atom. The minimum absolute atomic E-state index is 0.277. The molecule has 23 heavy (non-hydrogen) atoms. The number of fused-ring (bicyclic) bond motifs is 1. The Hall–Kier alpha value is -1.76. The molecule has 1 aliphatic rings. The first-order valence-electron chi connectivity index (χ1n) is 9.00. The highest BCUT2D eigenvalue weighted by Gasteiger charge is 2.31. The molecule has 2 aromatic rings. The fourth-order valence-electron chi connectivity index (χ4n) is 3.78. The van der Waals surface area contributed by atoms with Crippen LogP contribution in [-0.4, -0.2) is 6.54 Å². The zero-order valence-electron chi connectivity index (χ0n) is 15.0. The van der Waals surface area contributed by atoms with Crippen molar-refractivity contribution in [2.75, 3.05) is 11.4 Å². The SMILES string of the molecule is CCc1cc2c(cc1CC)C(C)(C)CCN2Cc1ccccc1. The summed E-state index contributed by atoms with van der Waals surface area (Å²) in [6.07, 6.45) is 3.47. The fourth-order valence-corrected chi connectivity index (χ4v) is 3.78. The van der Waals surface area contributed by atoms with E-state index in [1.165, 1.54) is 34.4 Å². The van der Waals surface area contributed by atoms with Gasteiger partial charge in [0.05, 0.1) is 0 Å². The Morgan fingerprint density at radius 3 is 2.26 bits per heavy atom. The lowest BCUT2D eigenvalue weighted by atomic mass is 9.76. The van der Waals surface area contributed by atoms with E-state index in [1.54, 1.807) is 0 Å². The molecule has 0 fully saturated rings. The molecular weight excluding hydrogens is 278 g/mol. The van der Waals surface area contributed by atoms with Gasteiger partial charge in [-0.3, -0.25) is 0 Å². The zero-order valence-corrected chi connectivity index (χ0v) is 15.0. The monoisotopic (exact) mass is 307 g/mol. The van der Waals surface area contributed by atoms with Crippen molar-refractivity contribution >= 4 is 5.69 Å². The lowest BCUT2D eigenvalue weighted by molar-refractivity contribution is 0.452. The van der Waals surface area contributed by atoms with Gasteiger partial charge in [0.1, 0.15) is 0 Å². The first kappa shape index (κ1) is 16.1. The minimum atomic E-state index is 0.277. The first-order valence-corrected chi connectivity index (χ1v) is 9.00. The predicted molar refractivity (Wildman–Crippen MR) is 100 cm³/mol. The lowest BCUT2D eigenvalue weighted by Crippen LogP contribution is -2.37. The normalized spacial score (nSPS) is 16.3. The largest absolute Gasteiger partial charge is 0.367 e. The summed E-state index contributed by atoms with van der Waals surface area (Å²) >= 11 is 0. The van der Waals surface area contributed by atoms with E-state index in [9.17, 15) is 0 Å². The second-order valence-corrected chi connectivity index (χ2v) is 7.39. The highest BCUT2D eigenvalue weighted by atomic mass is 15.1. The molecule has 0 N–H and O–H groups in total. The standard InChI is InChI=1S/C22H29N/c1-5-18-14-20-21(15-19(18)6-2)23(13-12-22(20,3)4)16-17-10-8-7-9-11-17/h7-11,14-15H,5-6,12-13,16H2,1-4H3. The van der Waals surface area contributed by atoms with Crippen molar-refractivity contribution in [1.29, 1.82) is 0 Å². The molecule has 1 aliphatic heterocycles. The van der Waals surface area contributed by atoms with Gasteiger partial charge in [0.15, 0.2) is 0 Å². The molecule has 1 heteroatoms. The fraction of sp³-hybridized carbons (Fsp3) is 0.455. The molecule has 0 saturated carbocycles. The predicted octanol–water partition coefficient (Wildman–Crippen LogP) is 5.50. The van der Waals surface area contributed by atoms with E-state index in [0.29, 0.717) is 0 Å². The van der Waals surface area contributed by atoms with Crippen molar-refractivity contribution in [3.05, 3.63) is 64.7 Å². The van der Waals surface area contributed by atoms with E-state index in [2.05, 4.69) is 75.1 Å². The summed E-state index contributed by atoms with van der Waals surface area (Å²) in [7, 11) is 0. The van der Waals surface area contributed by atoms with Gasteiger partial charge in [0, 0.05) is 18.8 Å². The Bertz CT molecular complexity index is 670. The van der Waals surface area contributed by atoms with Gasteiger partial charge in [-0.15, -0.1) is 0 Å². The van der Waals surface area contributed by atoms with Gasteiger partial charge in [0.2, 0.25) is 0 Å². The molecule has 0 aliphatic carbocycles. The van der Waals surface area contributed by atoms with Crippen LogP contribution >= 0.6 is 0 Å². The van der Waals surface area contributed by atoms with Crippen molar-refractivity contribution in [3.8, 4) is 0 Å². The molecule has 0 unspecified atom stereocenters. The van der Waals surface area contributed by atoms with Crippen molar-refractivity contribution in [2.45, 2.75) is 58.9 Å². The summed E-state index contributed by atoms with van der Waals surface area (Å²) in [5.74, 6) is 0. The van der Waals surface area contributed by atoms with E-state index < -0.39 is 0 Å². The molecule has 3 rings (SSSR count). The third kappa shape index (κ3) is 3.15. The number of hydrogen-bond donors (Lipinski definition) is 0. The number of benzene rings is 2. The maximum atomic E-state index is 2.58. The molecule has 2 aromatic carbocycles. The molecular formula is C22H29N. The van der Waals surface area contributed by atoms with Gasteiger partial charge in [-0.2, -0.15) is 0 Å². The molecule has 0 radical (unpaired) electrons. The second kappa shape index (κ2) is 6.39. The van der Waals surface area contributed by atoms with Crippen molar-refractivity contribution in [3.63, 3.8) is 0 Å². The lowest BCUT2D eigenvalue weighted by Gasteiger charge is -2.41. The zero-order chi connectivity index (χ0) is 16.4. The quantitative estimate of drug-likeness (QED) is 0.721. The summed E-state index contributed by atoms with van der Waals surface area (Å²) in [5.41, 5.74) is 7.71. The van der Waals surface area contributed by atoms with Crippen LogP contribution in [-0.2, 0) is 24.8 Å². The number of aryl methyl sites for hydroxylation is 2. The highest BCUT2D eigenvalue weighted by molar-refractivity contribution is 5.62. The van der Waals surface area contributed by atoms with Crippen LogP contribution in [0.4, 0.5) is 5.69 Å². The number of rotatable bonds is 4. The van der Waals surface area contributed by atoms with Crippen LogP contribution in [0, 0.1) is 0 Å². The van der Waals surface area contributed by atoms with Gasteiger partial charge in [-0.05, 0) is 53.0 Å². The summed E-state index contributed by atoms with van der Waals surface area (Å²) in [6, 6.07) is 15.8. The van der Waals surface area contributed by atoms with Crippen LogP contribution in [0.3, 0.4) is 0 Å². The van der Waals surface area contributed by atoms with Crippen molar-refractivity contribution in [1.82, 2.24) is 0 Å². The number of nitrogens with zero attached hydrogens (tertiary/aromatic N) is 1. The van der Waals surface area contributed by atoms with E-state index in [4.69, 9.17) is 0 Å². The van der Waals surface area contributed by atoms with Crippen molar-refractivity contribution in [2.24, 2.45) is 0 Å². The van der Waals surface area contributed by atoms with Gasteiger partial charge < -0.3 is 4.90 Å². The average molecular weight is 307 g/mol. The smallest absolute Gasteiger partial charge is 0.0429 e. The van der Waals surface area contributed by atoms with Crippen LogP contribution in [0.2, 0.25) is 0 Å². The number of hydrogen-bond acceptors (Lipinski definition) is 1. The van der Waals surface area contributed by atoms with E-state index >= 15 is 0 Å². The van der Waals surface area contributed by atoms with Gasteiger partial charge in [0.25, 0.3) is 0 Å². The maximum absolute atomic E-state index is 2.58. The molecule has 0 amide bonds. The Morgan fingerprint density at radius 2 is 1.61 bits per heavy atom. The minimum Gasteiger partial charge on any atom is -0.367 e. The van der Waals surface area contributed by atoms with E-state index in [-0.39, 0.29) is 5.41 Å². The van der Waals surface area contributed by atoms with E-state index in [1.807, 2.05) is 0 Å². The third-order valence-corrected chi connectivity index (χ3v) is 5.37. The number of anilines is 1. The summed E-state index contributed by atoms with van der Waals surface area (Å²) in [6.45, 7) is 11.5. The molecule has 0 aromatic heterocycles. The van der Waals surface area contributed by atoms with Gasteiger partial charge in [-0.1, -0.05) is 64.1 Å². The van der Waals surface area contributed by atoms with Crippen molar-refractivity contribution < 1.29 is 0 Å². The third-order valence-electron chi connectivity index (χ3n) is 5.37. The van der Waals surface area contributed by atoms with Crippen LogP contribution < -0.4 is 4.90 Å². The Labute approximate surface area is 141 Å². The Kier molecular flexibility index (Phi) is 4.48. The van der Waals surface area contributed by atoms with Gasteiger partial charge in [-0.25, -0.2) is 0 Å². The van der Waals surface area contributed by atoms with Crippen LogP contribution in [0.5, 0.6) is 0 Å². The molecule has 0 spiro atoms. The van der Waals surface area contributed by atoms with E-state index in [0.717, 1.165) is 25.9 Å². The molecule has 1 heterocycles. The topological polar surface area (TPSA) is 3.24 Å². The Balaban J connectivity index is 2.03. The van der Waals surface area contributed by atoms with Crippen LogP contribution in [0.25, 0.3) is 0 Å². The summed E-state index contributed by atoms with van der Waals surface area (Å²) in [5, 5.41) is 0. The molecule has 0 atom stereocenters. The summed E-state index contributed by atoms with van der Waals surface area (Å²) < 4.78 is 0. The highest BCUT2D eigenvalue weighted by Crippen LogP contribution is 2.41. The average Bonchev–Trinajstić information content (AvgIpc) is 2.57. The molecule has 0 saturated heterocycles. The first-order chi connectivity index (χ1) is 11.0. The second-order valence-electron chi connectivity index (χ2n) is 7.39. The maximum Gasteiger partial charge on any atom is 0.0429 e. The molecule has 122 valence electrons.